The number of Topliss-reactive ketones (excluding diaryl/α,β-unsaturated/α-hetero) is 1. The first-order valence-corrected chi connectivity index (χ1v) is 2.75. The topological polar surface area (TPSA) is 114 Å². The van der Waals surface area contributed by atoms with Gasteiger partial charge in [-0.15, -0.1) is 0 Å². The van der Waals surface area contributed by atoms with E-state index in [0.717, 1.165) is 0 Å². The Labute approximate surface area is 56.2 Å². The quantitative estimate of drug-likeness (QED) is 0.492. The highest BCUT2D eigenvalue weighted by atomic mass is 32.2. The lowest BCUT2D eigenvalue weighted by molar-refractivity contribution is -0.114. The summed E-state index contributed by atoms with van der Waals surface area (Å²) >= 11 is -2.86. The number of hydrogen-bond donors (Lipinski definition) is 2. The van der Waals surface area contributed by atoms with Crippen LogP contribution in [0.15, 0.2) is 0 Å². The van der Waals surface area contributed by atoms with Crippen molar-refractivity contribution in [1.82, 2.24) is 6.15 Å². The Kier molecular flexibility index (Phi) is 18.8. The summed E-state index contributed by atoms with van der Waals surface area (Å²) in [4.78, 5) is 9.44. The van der Waals surface area contributed by atoms with Crippen LogP contribution in [0.1, 0.15) is 13.8 Å². The normalized spacial score (nSPS) is 9.78. The minimum atomic E-state index is -2.86. The molecule has 0 fully saturated rings. The molecule has 1 unspecified atom stereocenters. The third-order valence-electron chi connectivity index (χ3n) is 0. The lowest BCUT2D eigenvalue weighted by Gasteiger charge is -1.83. The van der Waals surface area contributed by atoms with Crippen molar-refractivity contribution in [2.24, 2.45) is 0 Å². The van der Waals surface area contributed by atoms with E-state index in [-0.39, 0.29) is 11.9 Å². The molecular weight excluding hydrogens is 146 g/mol. The molecule has 0 aliphatic carbocycles. The van der Waals surface area contributed by atoms with Gasteiger partial charge in [-0.25, -0.2) is 4.21 Å². The first-order valence-electron chi connectivity index (χ1n) is 1.72. The Morgan fingerprint density at radius 2 is 1.56 bits per heavy atom. The van der Waals surface area contributed by atoms with Crippen molar-refractivity contribution in [3.05, 3.63) is 0 Å². The first-order chi connectivity index (χ1) is 3.46. The highest BCUT2D eigenvalue weighted by Crippen LogP contribution is 1.50. The van der Waals surface area contributed by atoms with E-state index in [1.54, 1.807) is 0 Å². The Bertz CT molecular complexity index is 73.8. The predicted molar refractivity (Wildman–Crippen MR) is 33.9 cm³/mol. The van der Waals surface area contributed by atoms with Gasteiger partial charge in [0, 0.05) is 0 Å². The highest BCUT2D eigenvalue weighted by molar-refractivity contribution is 7.73. The van der Waals surface area contributed by atoms with Gasteiger partial charge in [-0.05, 0) is 13.8 Å². The van der Waals surface area contributed by atoms with Gasteiger partial charge in [-0.3, -0.25) is 0 Å². The molecular formula is C3H11NO4S. The van der Waals surface area contributed by atoms with Crippen molar-refractivity contribution in [2.45, 2.75) is 13.8 Å². The van der Waals surface area contributed by atoms with Gasteiger partial charge >= 0.3 is 0 Å². The van der Waals surface area contributed by atoms with Crippen molar-refractivity contribution in [3.8, 4) is 0 Å². The van der Waals surface area contributed by atoms with Gasteiger partial charge in [0.25, 0.3) is 0 Å². The van der Waals surface area contributed by atoms with Gasteiger partial charge in [-0.2, -0.15) is 0 Å². The van der Waals surface area contributed by atoms with E-state index in [4.69, 9.17) is 13.3 Å². The van der Waals surface area contributed by atoms with Gasteiger partial charge in [-0.1, -0.05) is 0 Å². The average molecular weight is 157 g/mol. The Balaban J connectivity index is -0.0000000720. The molecule has 58 valence electrons. The van der Waals surface area contributed by atoms with Crippen LogP contribution in [0, 0.1) is 0 Å². The molecule has 0 aromatic carbocycles. The maximum atomic E-state index is 9.44. The molecule has 0 heterocycles. The summed E-state index contributed by atoms with van der Waals surface area (Å²) in [6.07, 6.45) is 0. The maximum Gasteiger partial charge on any atom is 0.126 e. The molecule has 0 aliphatic rings. The van der Waals surface area contributed by atoms with Crippen LogP contribution in [-0.2, 0) is 16.2 Å². The van der Waals surface area contributed by atoms with E-state index in [0.29, 0.717) is 0 Å². The SMILES string of the molecule is CC(C)=O.O=S([O-])O.[NH4+]. The summed E-state index contributed by atoms with van der Waals surface area (Å²) in [6.45, 7) is 3.06. The molecule has 1 atom stereocenters. The molecule has 9 heavy (non-hydrogen) atoms. The van der Waals surface area contributed by atoms with Gasteiger partial charge in [0.05, 0.1) is 11.4 Å². The zero-order valence-electron chi connectivity index (χ0n) is 5.58. The number of hydrogen-bond acceptors (Lipinski definition) is 3. The zero-order chi connectivity index (χ0) is 7.15. The smallest absolute Gasteiger partial charge is 0.126 e. The number of quaternary nitrogens is 1. The van der Waals surface area contributed by atoms with E-state index in [1.807, 2.05) is 0 Å². The Hall–Kier alpha value is -0.300. The number of carbonyl (C=O) groups is 1. The van der Waals surface area contributed by atoms with Crippen molar-refractivity contribution >= 4 is 17.1 Å². The second kappa shape index (κ2) is 10.6. The summed E-state index contributed by atoms with van der Waals surface area (Å²) in [7, 11) is 0. The van der Waals surface area contributed by atoms with Crippen molar-refractivity contribution in [2.75, 3.05) is 0 Å². The Morgan fingerprint density at radius 3 is 1.56 bits per heavy atom. The van der Waals surface area contributed by atoms with E-state index in [9.17, 15) is 4.79 Å². The van der Waals surface area contributed by atoms with Crippen LogP contribution in [0.2, 0.25) is 0 Å². The van der Waals surface area contributed by atoms with Crippen LogP contribution >= 0.6 is 0 Å². The summed E-state index contributed by atoms with van der Waals surface area (Å²) < 4.78 is 24.1. The minimum Gasteiger partial charge on any atom is -0.750 e. The molecule has 0 aromatic heterocycles. The fourth-order valence-electron chi connectivity index (χ4n) is 0. The van der Waals surface area contributed by atoms with Gasteiger partial charge in [0.15, 0.2) is 0 Å². The van der Waals surface area contributed by atoms with Gasteiger partial charge in [0.1, 0.15) is 5.78 Å². The fraction of sp³-hybridized carbons (Fsp3) is 0.667. The van der Waals surface area contributed by atoms with Crippen LogP contribution in [-0.4, -0.2) is 19.1 Å². The second-order valence-electron chi connectivity index (χ2n) is 1.13. The molecule has 5 N–H and O–H groups in total. The highest BCUT2D eigenvalue weighted by Gasteiger charge is 1.62. The lowest BCUT2D eigenvalue weighted by atomic mass is 10.6. The van der Waals surface area contributed by atoms with Crippen LogP contribution in [0.4, 0.5) is 0 Å². The van der Waals surface area contributed by atoms with Gasteiger partial charge < -0.3 is 20.1 Å². The Morgan fingerprint density at radius 1 is 1.56 bits per heavy atom. The molecule has 6 heteroatoms. The molecule has 5 nitrogen and oxygen atoms in total. The van der Waals surface area contributed by atoms with Crippen molar-refractivity contribution in [1.29, 1.82) is 0 Å². The molecule has 0 saturated carbocycles. The summed E-state index contributed by atoms with van der Waals surface area (Å²) in [6, 6.07) is 0. The maximum absolute atomic E-state index is 9.44. The molecule has 0 saturated heterocycles. The number of rotatable bonds is 0. The molecule has 0 spiro atoms. The van der Waals surface area contributed by atoms with E-state index in [2.05, 4.69) is 0 Å². The molecule has 0 amide bonds. The third kappa shape index (κ3) is 2780. The lowest BCUT2D eigenvalue weighted by Crippen LogP contribution is -1.75. The number of carbonyl (C=O) groups excluding carboxylic acids is 1. The van der Waals surface area contributed by atoms with E-state index >= 15 is 0 Å². The molecule has 0 bridgehead atoms. The second-order valence-corrected chi connectivity index (χ2v) is 1.56. The summed E-state index contributed by atoms with van der Waals surface area (Å²) in [5, 5.41) is 0. The molecule has 0 radical (unpaired) electrons. The average Bonchev–Trinajstić information content (AvgIpc) is 1.25. The van der Waals surface area contributed by atoms with Crippen LogP contribution in [0.5, 0.6) is 0 Å². The largest absolute Gasteiger partial charge is 0.750 e. The van der Waals surface area contributed by atoms with Crippen LogP contribution in [0.25, 0.3) is 0 Å². The predicted octanol–water partition coefficient (Wildman–Crippen LogP) is 0.310. The van der Waals surface area contributed by atoms with E-state index < -0.39 is 11.4 Å². The van der Waals surface area contributed by atoms with Crippen LogP contribution < -0.4 is 6.15 Å². The zero-order valence-corrected chi connectivity index (χ0v) is 6.40. The number of ketones is 1. The summed E-state index contributed by atoms with van der Waals surface area (Å²) in [5.74, 6) is 0.167. The monoisotopic (exact) mass is 157 g/mol. The summed E-state index contributed by atoms with van der Waals surface area (Å²) in [5.41, 5.74) is 0. The molecule has 0 rings (SSSR count). The fourth-order valence-corrected chi connectivity index (χ4v) is 0. The third-order valence-corrected chi connectivity index (χ3v) is 0. The molecule has 0 aromatic rings. The van der Waals surface area contributed by atoms with Gasteiger partial charge in [0.2, 0.25) is 0 Å². The van der Waals surface area contributed by atoms with E-state index in [1.165, 1.54) is 13.8 Å². The van der Waals surface area contributed by atoms with Crippen molar-refractivity contribution in [3.63, 3.8) is 0 Å². The molecule has 0 aliphatic heterocycles. The van der Waals surface area contributed by atoms with Crippen LogP contribution in [0.3, 0.4) is 0 Å². The minimum absolute atomic E-state index is 0. The van der Waals surface area contributed by atoms with Crippen molar-refractivity contribution < 1.29 is 18.1 Å². The first kappa shape index (κ1) is 15.9. The standard InChI is InChI=1S/C3H6O.H3N.H2O3S/c1-3(2)4;;1-4(2)3/h1-2H3;1H3;(H2,1,2,3).